The van der Waals surface area contributed by atoms with Crippen LogP contribution < -0.4 is 4.90 Å². The molecule has 1 aromatic heterocycles. The van der Waals surface area contributed by atoms with Gasteiger partial charge in [0, 0.05) is 24.5 Å². The summed E-state index contributed by atoms with van der Waals surface area (Å²) in [5.74, 6) is -1.24. The van der Waals surface area contributed by atoms with Crippen molar-refractivity contribution < 1.29 is 18.0 Å². The Labute approximate surface area is 192 Å². The van der Waals surface area contributed by atoms with Crippen molar-refractivity contribution >= 4 is 46.3 Å². The molecule has 0 saturated carbocycles. The maximum absolute atomic E-state index is 13.6. The lowest BCUT2D eigenvalue weighted by Crippen LogP contribution is -2.43. The van der Waals surface area contributed by atoms with Crippen molar-refractivity contribution in [1.29, 1.82) is 0 Å². The van der Waals surface area contributed by atoms with Gasteiger partial charge in [0.1, 0.15) is 5.92 Å². The van der Waals surface area contributed by atoms with Crippen LogP contribution in [0.2, 0.25) is 10.0 Å². The van der Waals surface area contributed by atoms with E-state index in [9.17, 15) is 18.0 Å². The van der Waals surface area contributed by atoms with Gasteiger partial charge in [0.2, 0.25) is 5.91 Å². The second-order valence-corrected chi connectivity index (χ2v) is 8.23. The first-order chi connectivity index (χ1) is 15.1. The first kappa shape index (κ1) is 22.4. The molecule has 0 bridgehead atoms. The smallest absolute Gasteiger partial charge is 0.315 e. The van der Waals surface area contributed by atoms with Gasteiger partial charge in [-0.2, -0.15) is 18.3 Å². The van der Waals surface area contributed by atoms with E-state index in [2.05, 4.69) is 10.1 Å². The number of hydrogen-bond donors (Lipinski definition) is 0. The van der Waals surface area contributed by atoms with Crippen LogP contribution in [-0.2, 0) is 11.0 Å². The molecule has 2 aromatic carbocycles. The summed E-state index contributed by atoms with van der Waals surface area (Å²) in [7, 11) is 1.61. The summed E-state index contributed by atoms with van der Waals surface area (Å²) in [6, 6.07) is 13.6. The molecule has 5 nitrogen and oxygen atoms in total. The average Bonchev–Trinajstić information content (AvgIpc) is 3.18. The van der Waals surface area contributed by atoms with Gasteiger partial charge in [-0.15, -0.1) is 0 Å². The summed E-state index contributed by atoms with van der Waals surface area (Å²) < 4.78 is 41.3. The van der Waals surface area contributed by atoms with Crippen molar-refractivity contribution in [3.05, 3.63) is 75.9 Å². The van der Waals surface area contributed by atoms with Crippen LogP contribution in [0.4, 0.5) is 24.7 Å². The fourth-order valence-electron chi connectivity index (χ4n) is 3.76. The number of para-hydroxylation sites is 1. The van der Waals surface area contributed by atoms with Gasteiger partial charge in [0.15, 0.2) is 11.5 Å². The number of carbonyl (C=O) groups excluding carboxylic acids is 1. The maximum Gasteiger partial charge on any atom is 0.435 e. The third-order valence-electron chi connectivity index (χ3n) is 5.35. The molecule has 4 rings (SSSR count). The number of aliphatic imine (C=N–C) groups is 1. The van der Waals surface area contributed by atoms with E-state index in [-0.39, 0.29) is 21.8 Å². The molecule has 2 unspecified atom stereocenters. The van der Waals surface area contributed by atoms with Crippen molar-refractivity contribution in [2.24, 2.45) is 10.9 Å². The maximum atomic E-state index is 13.6. The highest BCUT2D eigenvalue weighted by atomic mass is 35.5. The molecule has 1 amide bonds. The van der Waals surface area contributed by atoms with Gasteiger partial charge in [0.25, 0.3) is 0 Å². The second kappa shape index (κ2) is 8.26. The Morgan fingerprint density at radius 2 is 1.75 bits per heavy atom. The van der Waals surface area contributed by atoms with E-state index in [4.69, 9.17) is 23.2 Å². The number of benzene rings is 2. The zero-order valence-corrected chi connectivity index (χ0v) is 18.4. The van der Waals surface area contributed by atoms with Crippen molar-refractivity contribution in [1.82, 2.24) is 9.78 Å². The number of nitrogens with zero attached hydrogens (tertiary/aromatic N) is 4. The van der Waals surface area contributed by atoms with Crippen molar-refractivity contribution in [2.45, 2.75) is 19.1 Å². The van der Waals surface area contributed by atoms with Crippen LogP contribution in [0.3, 0.4) is 0 Å². The van der Waals surface area contributed by atoms with Gasteiger partial charge in [-0.3, -0.25) is 4.79 Å². The van der Waals surface area contributed by atoms with Gasteiger partial charge in [-0.1, -0.05) is 47.5 Å². The van der Waals surface area contributed by atoms with Crippen LogP contribution in [0.25, 0.3) is 0 Å². The molecule has 0 radical (unpaired) electrons. The highest BCUT2D eigenvalue weighted by molar-refractivity contribution is 6.42. The van der Waals surface area contributed by atoms with E-state index >= 15 is 0 Å². The third kappa shape index (κ3) is 4.00. The summed E-state index contributed by atoms with van der Waals surface area (Å²) in [5, 5.41) is 4.28. The molecule has 10 heteroatoms. The molecule has 0 fully saturated rings. The van der Waals surface area contributed by atoms with Crippen molar-refractivity contribution in [3.63, 3.8) is 0 Å². The van der Waals surface area contributed by atoms with Gasteiger partial charge >= 0.3 is 6.18 Å². The Balaban J connectivity index is 1.87. The number of halogens is 5. The fourth-order valence-corrected chi connectivity index (χ4v) is 4.07. The predicted molar refractivity (Wildman–Crippen MR) is 118 cm³/mol. The summed E-state index contributed by atoms with van der Waals surface area (Å²) in [6.45, 7) is 1.62. The number of amides is 1. The molecule has 166 valence electrons. The molecule has 0 spiro atoms. The highest BCUT2D eigenvalue weighted by Gasteiger charge is 2.43. The van der Waals surface area contributed by atoms with E-state index < -0.39 is 23.8 Å². The Kier molecular flexibility index (Phi) is 5.77. The SMILES string of the molecule is CC1=Nc2cc(C(F)(F)F)nn2C(c2ccc(Cl)c(Cl)c2)C1C(=O)N(C)c1ccccc1. The molecule has 2 heterocycles. The second-order valence-electron chi connectivity index (χ2n) is 7.41. The van der Waals surface area contributed by atoms with Crippen LogP contribution in [0.5, 0.6) is 0 Å². The lowest BCUT2D eigenvalue weighted by atomic mass is 9.87. The Morgan fingerprint density at radius 1 is 1.06 bits per heavy atom. The number of rotatable bonds is 3. The molecule has 32 heavy (non-hydrogen) atoms. The summed E-state index contributed by atoms with van der Waals surface area (Å²) in [5.41, 5.74) is 0.417. The number of anilines is 1. The van der Waals surface area contributed by atoms with E-state index in [0.29, 0.717) is 17.0 Å². The molecule has 1 aliphatic rings. The number of alkyl halides is 3. The number of hydrogen-bond acceptors (Lipinski definition) is 3. The largest absolute Gasteiger partial charge is 0.435 e. The summed E-state index contributed by atoms with van der Waals surface area (Å²) in [4.78, 5) is 19.3. The first-order valence-corrected chi connectivity index (χ1v) is 10.3. The zero-order chi connectivity index (χ0) is 23.2. The molecular formula is C22H17Cl2F3N4O. The number of carbonyl (C=O) groups is 1. The molecular weight excluding hydrogens is 464 g/mol. The van der Waals surface area contributed by atoms with Crippen LogP contribution in [0.15, 0.2) is 59.6 Å². The minimum Gasteiger partial charge on any atom is -0.315 e. The highest BCUT2D eigenvalue weighted by Crippen LogP contribution is 2.41. The number of aromatic nitrogens is 2. The van der Waals surface area contributed by atoms with E-state index in [1.54, 1.807) is 44.3 Å². The van der Waals surface area contributed by atoms with Crippen LogP contribution in [0, 0.1) is 5.92 Å². The summed E-state index contributed by atoms with van der Waals surface area (Å²) >= 11 is 12.2. The third-order valence-corrected chi connectivity index (χ3v) is 6.09. The molecule has 2 atom stereocenters. The van der Waals surface area contributed by atoms with Crippen molar-refractivity contribution in [3.8, 4) is 0 Å². The van der Waals surface area contributed by atoms with Crippen LogP contribution >= 0.6 is 23.2 Å². The quantitative estimate of drug-likeness (QED) is 0.449. The van der Waals surface area contributed by atoms with E-state index in [0.717, 1.165) is 10.7 Å². The molecule has 3 aromatic rings. The topological polar surface area (TPSA) is 50.5 Å². The zero-order valence-electron chi connectivity index (χ0n) is 16.9. The van der Waals surface area contributed by atoms with E-state index in [1.165, 1.54) is 17.0 Å². The standard InChI is InChI=1S/C22H17Cl2F3N4O/c1-12-19(21(32)30(2)14-6-4-3-5-7-14)20(13-8-9-15(23)16(24)10-13)31-18(28-12)11-17(29-31)22(25,26)27/h3-11,19-20H,1-2H3. The molecule has 0 N–H and O–H groups in total. The minimum absolute atomic E-state index is 0.0114. The lowest BCUT2D eigenvalue weighted by molar-refractivity contribution is -0.141. The van der Waals surface area contributed by atoms with Crippen molar-refractivity contribution in [2.75, 3.05) is 11.9 Å². The predicted octanol–water partition coefficient (Wildman–Crippen LogP) is 6.18. The van der Waals surface area contributed by atoms with E-state index in [1.807, 2.05) is 6.07 Å². The minimum atomic E-state index is -4.66. The van der Waals surface area contributed by atoms with Gasteiger partial charge < -0.3 is 4.90 Å². The van der Waals surface area contributed by atoms with Gasteiger partial charge in [-0.05, 0) is 36.8 Å². The van der Waals surface area contributed by atoms with Crippen LogP contribution in [0.1, 0.15) is 24.2 Å². The fraction of sp³-hybridized carbons (Fsp3) is 0.227. The normalized spacial score (nSPS) is 18.2. The number of fused-ring (bicyclic) bond motifs is 1. The first-order valence-electron chi connectivity index (χ1n) is 9.57. The van der Waals surface area contributed by atoms with Crippen LogP contribution in [-0.4, -0.2) is 28.4 Å². The van der Waals surface area contributed by atoms with Gasteiger partial charge in [-0.25, -0.2) is 9.67 Å². The Hall–Kier alpha value is -2.84. The van der Waals surface area contributed by atoms with Gasteiger partial charge in [0.05, 0.1) is 16.1 Å². The molecule has 0 saturated heterocycles. The average molecular weight is 481 g/mol. The molecule has 0 aliphatic carbocycles. The Bertz CT molecular complexity index is 1210. The lowest BCUT2D eigenvalue weighted by Gasteiger charge is -2.33. The monoisotopic (exact) mass is 480 g/mol. The summed E-state index contributed by atoms with van der Waals surface area (Å²) in [6.07, 6.45) is -4.66. The Morgan fingerprint density at radius 3 is 2.38 bits per heavy atom. The molecule has 1 aliphatic heterocycles.